The van der Waals surface area contributed by atoms with Crippen molar-refractivity contribution in [2.45, 2.75) is 17.1 Å². The van der Waals surface area contributed by atoms with Crippen LogP contribution in [0.4, 0.5) is 0 Å². The minimum atomic E-state index is -2.17. The van der Waals surface area contributed by atoms with E-state index in [1.54, 1.807) is 24.3 Å². The van der Waals surface area contributed by atoms with E-state index in [-0.39, 0.29) is 5.69 Å². The third kappa shape index (κ3) is 2.50. The summed E-state index contributed by atoms with van der Waals surface area (Å²) in [6.07, 6.45) is 1.49. The summed E-state index contributed by atoms with van der Waals surface area (Å²) in [5.41, 5.74) is -2.42. The standard InChI is InChI=1S/C24H18BrNO5/c1-30-22(28)18-19(14-6-3-2-4-7-14)24(15-9-11-16(25)12-10-15)23(29,21(18)27)20-17(31-24)8-5-13-26-20/h2-13,18-19,29H,1H3/t18-,19-,23+,24+/m1/s1. The summed E-state index contributed by atoms with van der Waals surface area (Å²) in [5.74, 6) is -3.21. The van der Waals surface area contributed by atoms with Gasteiger partial charge in [-0.1, -0.05) is 58.4 Å². The quantitative estimate of drug-likeness (QED) is 0.457. The van der Waals surface area contributed by atoms with Crippen LogP contribution in [0.3, 0.4) is 0 Å². The minimum absolute atomic E-state index is 0.107. The summed E-state index contributed by atoms with van der Waals surface area (Å²) in [6.45, 7) is 0. The molecule has 1 aliphatic heterocycles. The predicted molar refractivity (Wildman–Crippen MR) is 114 cm³/mol. The van der Waals surface area contributed by atoms with Gasteiger partial charge in [0.05, 0.1) is 13.0 Å². The van der Waals surface area contributed by atoms with E-state index in [1.165, 1.54) is 13.3 Å². The number of esters is 1. The molecule has 3 aromatic rings. The van der Waals surface area contributed by atoms with Crippen LogP contribution >= 0.6 is 15.9 Å². The van der Waals surface area contributed by atoms with Crippen molar-refractivity contribution in [1.82, 2.24) is 4.98 Å². The number of carbonyl (C=O) groups excluding carboxylic acids is 2. The first-order chi connectivity index (χ1) is 14.9. The largest absolute Gasteiger partial charge is 0.476 e. The van der Waals surface area contributed by atoms with E-state index in [9.17, 15) is 14.7 Å². The third-order valence-corrected chi connectivity index (χ3v) is 6.75. The van der Waals surface area contributed by atoms with Crippen LogP contribution in [-0.4, -0.2) is 29.0 Å². The molecule has 156 valence electrons. The molecule has 1 N–H and O–H groups in total. The molecule has 2 heterocycles. The smallest absolute Gasteiger partial charge is 0.317 e. The van der Waals surface area contributed by atoms with E-state index in [0.717, 1.165) is 4.47 Å². The van der Waals surface area contributed by atoms with Crippen LogP contribution < -0.4 is 4.74 Å². The predicted octanol–water partition coefficient (Wildman–Crippen LogP) is 3.48. The number of ketones is 1. The van der Waals surface area contributed by atoms with Crippen molar-refractivity contribution in [2.75, 3.05) is 7.11 Å². The highest BCUT2D eigenvalue weighted by Gasteiger charge is 2.78. The maximum atomic E-state index is 13.8. The molecule has 1 aromatic heterocycles. The first-order valence-corrected chi connectivity index (χ1v) is 10.5. The van der Waals surface area contributed by atoms with Crippen molar-refractivity contribution in [3.05, 3.63) is 94.2 Å². The molecule has 2 aliphatic rings. The van der Waals surface area contributed by atoms with E-state index in [4.69, 9.17) is 9.47 Å². The Kier molecular flexibility index (Phi) is 4.50. The normalized spacial score (nSPS) is 28.5. The number of benzene rings is 2. The van der Waals surface area contributed by atoms with Gasteiger partial charge in [-0.2, -0.15) is 0 Å². The van der Waals surface area contributed by atoms with Gasteiger partial charge in [0.1, 0.15) is 17.4 Å². The first-order valence-electron chi connectivity index (χ1n) is 9.75. The van der Waals surface area contributed by atoms with Crippen LogP contribution in [0.25, 0.3) is 0 Å². The van der Waals surface area contributed by atoms with Crippen LogP contribution in [-0.2, 0) is 25.5 Å². The summed E-state index contributed by atoms with van der Waals surface area (Å²) < 4.78 is 12.3. The van der Waals surface area contributed by atoms with E-state index in [0.29, 0.717) is 16.9 Å². The van der Waals surface area contributed by atoms with Gasteiger partial charge >= 0.3 is 5.97 Å². The van der Waals surface area contributed by atoms with E-state index in [1.807, 2.05) is 42.5 Å². The summed E-state index contributed by atoms with van der Waals surface area (Å²) in [5, 5.41) is 12.1. The number of ether oxygens (including phenoxy) is 2. The molecule has 6 nitrogen and oxygen atoms in total. The molecule has 1 fully saturated rings. The lowest BCUT2D eigenvalue weighted by Gasteiger charge is -2.39. The Hall–Kier alpha value is -3.03. The van der Waals surface area contributed by atoms with Crippen molar-refractivity contribution in [3.8, 4) is 5.75 Å². The molecule has 0 bridgehead atoms. The van der Waals surface area contributed by atoms with Crippen molar-refractivity contribution in [1.29, 1.82) is 0 Å². The fourth-order valence-corrected chi connectivity index (χ4v) is 5.23. The number of carbonyl (C=O) groups is 2. The van der Waals surface area contributed by atoms with Gasteiger partial charge in [-0.3, -0.25) is 14.6 Å². The summed E-state index contributed by atoms with van der Waals surface area (Å²) >= 11 is 3.43. The number of fused-ring (bicyclic) bond motifs is 3. The highest BCUT2D eigenvalue weighted by Crippen LogP contribution is 2.66. The van der Waals surface area contributed by atoms with Crippen LogP contribution in [0.1, 0.15) is 22.7 Å². The fourth-order valence-electron chi connectivity index (χ4n) is 4.97. The highest BCUT2D eigenvalue weighted by molar-refractivity contribution is 9.10. The third-order valence-electron chi connectivity index (χ3n) is 6.22. The average Bonchev–Trinajstić information content (AvgIpc) is 3.18. The maximum Gasteiger partial charge on any atom is 0.317 e. The van der Waals surface area contributed by atoms with Gasteiger partial charge in [-0.05, 0) is 35.4 Å². The molecule has 0 unspecified atom stereocenters. The van der Waals surface area contributed by atoms with Crippen molar-refractivity contribution in [2.24, 2.45) is 5.92 Å². The number of Topliss-reactive ketones (excluding diaryl/α,β-unsaturated/α-hetero) is 1. The number of halogens is 1. The fraction of sp³-hybridized carbons (Fsp3) is 0.208. The van der Waals surface area contributed by atoms with Crippen LogP contribution in [0, 0.1) is 5.92 Å². The molecular weight excluding hydrogens is 462 g/mol. The summed E-state index contributed by atoms with van der Waals surface area (Å²) in [4.78, 5) is 31.0. The zero-order valence-electron chi connectivity index (χ0n) is 16.5. The molecular formula is C24H18BrNO5. The van der Waals surface area contributed by atoms with Crippen LogP contribution in [0.2, 0.25) is 0 Å². The summed E-state index contributed by atoms with van der Waals surface area (Å²) in [6, 6.07) is 19.7. The molecule has 5 rings (SSSR count). The van der Waals surface area contributed by atoms with E-state index >= 15 is 0 Å². The van der Waals surface area contributed by atoms with Gasteiger partial charge < -0.3 is 14.6 Å². The van der Waals surface area contributed by atoms with Gasteiger partial charge in [0, 0.05) is 10.7 Å². The molecule has 2 aromatic carbocycles. The molecule has 4 atom stereocenters. The Labute approximate surface area is 187 Å². The number of nitrogens with zero attached hydrogens (tertiary/aromatic N) is 1. The second kappa shape index (κ2) is 7.00. The Morgan fingerprint density at radius 3 is 2.48 bits per heavy atom. The molecule has 7 heteroatoms. The second-order valence-electron chi connectivity index (χ2n) is 7.66. The monoisotopic (exact) mass is 479 g/mol. The van der Waals surface area contributed by atoms with Gasteiger partial charge in [0.15, 0.2) is 11.4 Å². The van der Waals surface area contributed by atoms with Crippen molar-refractivity contribution in [3.63, 3.8) is 0 Å². The minimum Gasteiger partial charge on any atom is -0.476 e. The molecule has 1 saturated carbocycles. The highest BCUT2D eigenvalue weighted by atomic mass is 79.9. The number of pyridine rings is 1. The van der Waals surface area contributed by atoms with Crippen molar-refractivity contribution < 1.29 is 24.2 Å². The number of rotatable bonds is 3. The number of aliphatic hydroxyl groups is 1. The molecule has 0 saturated heterocycles. The maximum absolute atomic E-state index is 13.8. The lowest BCUT2D eigenvalue weighted by molar-refractivity contribution is -0.155. The zero-order valence-corrected chi connectivity index (χ0v) is 18.1. The first kappa shape index (κ1) is 19.9. The number of methoxy groups -OCH3 is 1. The summed E-state index contributed by atoms with van der Waals surface area (Å²) in [7, 11) is 1.23. The van der Waals surface area contributed by atoms with E-state index in [2.05, 4.69) is 20.9 Å². The van der Waals surface area contributed by atoms with Gasteiger partial charge in [-0.25, -0.2) is 0 Å². The Bertz CT molecular complexity index is 1180. The lowest BCUT2D eigenvalue weighted by Crippen LogP contribution is -2.51. The Balaban J connectivity index is 1.88. The van der Waals surface area contributed by atoms with Gasteiger partial charge in [0.2, 0.25) is 5.60 Å². The average molecular weight is 480 g/mol. The Morgan fingerprint density at radius 1 is 1.10 bits per heavy atom. The van der Waals surface area contributed by atoms with Crippen LogP contribution in [0.15, 0.2) is 77.4 Å². The van der Waals surface area contributed by atoms with E-state index < -0.39 is 34.8 Å². The van der Waals surface area contributed by atoms with Gasteiger partial charge in [0.25, 0.3) is 0 Å². The molecule has 31 heavy (non-hydrogen) atoms. The molecule has 0 radical (unpaired) electrons. The molecule has 0 spiro atoms. The lowest BCUT2D eigenvalue weighted by atomic mass is 9.71. The van der Waals surface area contributed by atoms with Crippen molar-refractivity contribution >= 4 is 27.7 Å². The number of hydrogen-bond acceptors (Lipinski definition) is 6. The van der Waals surface area contributed by atoms with Gasteiger partial charge in [-0.15, -0.1) is 0 Å². The molecule has 0 amide bonds. The zero-order chi connectivity index (χ0) is 21.8. The number of hydrogen-bond donors (Lipinski definition) is 1. The topological polar surface area (TPSA) is 85.7 Å². The SMILES string of the molecule is COC(=O)[C@H]1C(=O)[C@@]2(O)c3ncccc3O[C@@]2(c2ccc(Br)cc2)[C@@H]1c1ccccc1. The number of aromatic nitrogens is 1. The van der Waals surface area contributed by atoms with Crippen LogP contribution in [0.5, 0.6) is 5.75 Å². The molecule has 1 aliphatic carbocycles. The Morgan fingerprint density at radius 2 is 1.81 bits per heavy atom. The second-order valence-corrected chi connectivity index (χ2v) is 8.57.